The van der Waals surface area contributed by atoms with Gasteiger partial charge >= 0.3 is 6.18 Å². The fourth-order valence-corrected chi connectivity index (χ4v) is 2.53. The van der Waals surface area contributed by atoms with E-state index in [1.165, 1.54) is 0 Å². The van der Waals surface area contributed by atoms with Crippen molar-refractivity contribution in [1.82, 2.24) is 10.3 Å². The molecule has 2 aliphatic rings. The number of piperazine rings is 1. The number of alkyl halides is 4. The second-order valence-corrected chi connectivity index (χ2v) is 4.50. The van der Waals surface area contributed by atoms with Gasteiger partial charge in [0, 0.05) is 31.4 Å². The van der Waals surface area contributed by atoms with Crippen molar-refractivity contribution in [3.63, 3.8) is 0 Å². The summed E-state index contributed by atoms with van der Waals surface area (Å²) in [5.74, 6) is 0.349. The molecule has 0 saturated carbocycles. The van der Waals surface area contributed by atoms with Crippen LogP contribution in [0.15, 0.2) is 12.3 Å². The van der Waals surface area contributed by atoms with Crippen LogP contribution in [-0.2, 0) is 6.18 Å². The molecular formula is C11H11F4N3. The highest BCUT2D eigenvalue weighted by Gasteiger charge is 2.43. The fourth-order valence-electron chi connectivity index (χ4n) is 2.53. The largest absolute Gasteiger partial charge is 0.417 e. The van der Waals surface area contributed by atoms with Gasteiger partial charge in [-0.3, -0.25) is 0 Å². The Kier molecular flexibility index (Phi) is 2.48. The van der Waals surface area contributed by atoms with Gasteiger partial charge < -0.3 is 10.2 Å². The predicted molar refractivity (Wildman–Crippen MR) is 57.1 cm³/mol. The van der Waals surface area contributed by atoms with E-state index in [0.29, 0.717) is 25.5 Å². The quantitative estimate of drug-likeness (QED) is 0.723. The minimum absolute atomic E-state index is 0.0542. The van der Waals surface area contributed by atoms with Crippen molar-refractivity contribution in [2.24, 2.45) is 0 Å². The van der Waals surface area contributed by atoms with Crippen molar-refractivity contribution in [2.75, 3.05) is 24.5 Å². The molecule has 1 saturated heterocycles. The smallest absolute Gasteiger partial charge is 0.347 e. The normalized spacial score (nSPS) is 27.0. The summed E-state index contributed by atoms with van der Waals surface area (Å²) in [6.07, 6.45) is -5.12. The van der Waals surface area contributed by atoms with Gasteiger partial charge in [0.25, 0.3) is 0 Å². The van der Waals surface area contributed by atoms with Crippen LogP contribution < -0.4 is 10.2 Å². The van der Waals surface area contributed by atoms with Crippen LogP contribution in [0.25, 0.3) is 0 Å². The Balaban J connectivity index is 2.03. The van der Waals surface area contributed by atoms with E-state index in [-0.39, 0.29) is 5.56 Å². The molecule has 0 spiro atoms. The number of nitrogens with zero attached hydrogens (tertiary/aromatic N) is 2. The first kappa shape index (κ1) is 11.7. The van der Waals surface area contributed by atoms with Gasteiger partial charge in [-0.05, 0) is 6.07 Å². The third kappa shape index (κ3) is 1.65. The summed E-state index contributed by atoms with van der Waals surface area (Å²) in [6.45, 7) is 1.68. The molecule has 0 radical (unpaired) electrons. The lowest BCUT2D eigenvalue weighted by atomic mass is 10.1. The van der Waals surface area contributed by atoms with Crippen LogP contribution >= 0.6 is 0 Å². The van der Waals surface area contributed by atoms with Gasteiger partial charge in [0.2, 0.25) is 0 Å². The second-order valence-electron chi connectivity index (χ2n) is 4.50. The Morgan fingerprint density at radius 1 is 1.39 bits per heavy atom. The van der Waals surface area contributed by atoms with Crippen molar-refractivity contribution in [3.05, 3.63) is 23.4 Å². The third-order valence-corrected chi connectivity index (χ3v) is 3.41. The zero-order chi connectivity index (χ0) is 12.9. The van der Waals surface area contributed by atoms with Crippen LogP contribution in [0.4, 0.5) is 23.4 Å². The maximum absolute atomic E-state index is 14.1. The summed E-state index contributed by atoms with van der Waals surface area (Å²) in [7, 11) is 0. The molecule has 1 fully saturated rings. The van der Waals surface area contributed by atoms with Gasteiger partial charge in [-0.2, -0.15) is 13.2 Å². The van der Waals surface area contributed by atoms with E-state index in [1.54, 1.807) is 4.90 Å². The zero-order valence-electron chi connectivity index (χ0n) is 9.34. The van der Waals surface area contributed by atoms with Crippen molar-refractivity contribution >= 4 is 5.82 Å². The molecule has 1 aromatic heterocycles. The third-order valence-electron chi connectivity index (χ3n) is 3.41. The first-order chi connectivity index (χ1) is 8.48. The first-order valence-corrected chi connectivity index (χ1v) is 5.67. The van der Waals surface area contributed by atoms with E-state index in [0.717, 1.165) is 12.3 Å². The van der Waals surface area contributed by atoms with Gasteiger partial charge in [0.1, 0.15) is 5.82 Å². The lowest BCUT2D eigenvalue weighted by Crippen LogP contribution is -2.50. The SMILES string of the molecule is F[C@@H]1c2cc(C(F)(F)F)cnc2N2CCNC[C@@H]12. The first-order valence-electron chi connectivity index (χ1n) is 5.67. The highest BCUT2D eigenvalue weighted by Crippen LogP contribution is 2.43. The Morgan fingerprint density at radius 2 is 2.17 bits per heavy atom. The molecule has 7 heteroatoms. The molecule has 0 aromatic carbocycles. The fraction of sp³-hybridized carbons (Fsp3) is 0.545. The molecular weight excluding hydrogens is 250 g/mol. The topological polar surface area (TPSA) is 28.2 Å². The lowest BCUT2D eigenvalue weighted by molar-refractivity contribution is -0.137. The Bertz CT molecular complexity index is 474. The van der Waals surface area contributed by atoms with Crippen molar-refractivity contribution < 1.29 is 17.6 Å². The molecule has 3 rings (SSSR count). The van der Waals surface area contributed by atoms with Crippen LogP contribution in [-0.4, -0.2) is 30.7 Å². The summed E-state index contributed by atoms with van der Waals surface area (Å²) in [6, 6.07) is 0.440. The minimum atomic E-state index is -4.48. The maximum Gasteiger partial charge on any atom is 0.417 e. The summed E-state index contributed by atoms with van der Waals surface area (Å²) in [5, 5.41) is 3.03. The summed E-state index contributed by atoms with van der Waals surface area (Å²) in [4.78, 5) is 5.55. The van der Waals surface area contributed by atoms with Crippen molar-refractivity contribution in [1.29, 1.82) is 0 Å². The number of rotatable bonds is 0. The number of fused-ring (bicyclic) bond motifs is 3. The molecule has 98 valence electrons. The number of pyridine rings is 1. The van der Waals surface area contributed by atoms with E-state index in [4.69, 9.17) is 0 Å². The van der Waals surface area contributed by atoms with Gasteiger partial charge in [0.15, 0.2) is 6.17 Å². The maximum atomic E-state index is 14.1. The van der Waals surface area contributed by atoms with Crippen LogP contribution in [0.1, 0.15) is 17.3 Å². The standard InChI is InChI=1S/C11H11F4N3/c12-9-7-3-6(11(13,14)15)4-17-10(7)18-2-1-16-5-8(9)18/h3-4,8-9,16H,1-2,5H2/t8-,9+/m0/s1. The zero-order valence-corrected chi connectivity index (χ0v) is 9.34. The number of anilines is 1. The molecule has 1 aromatic rings. The lowest BCUT2D eigenvalue weighted by Gasteiger charge is -2.32. The molecule has 2 atom stereocenters. The number of hydrogen-bond acceptors (Lipinski definition) is 3. The van der Waals surface area contributed by atoms with Crippen molar-refractivity contribution in [3.8, 4) is 0 Å². The molecule has 3 nitrogen and oxygen atoms in total. The molecule has 0 unspecified atom stereocenters. The molecule has 0 amide bonds. The molecule has 1 N–H and O–H groups in total. The van der Waals surface area contributed by atoms with Crippen LogP contribution in [0, 0.1) is 0 Å². The number of aromatic nitrogens is 1. The molecule has 18 heavy (non-hydrogen) atoms. The van der Waals surface area contributed by atoms with Gasteiger partial charge in [-0.25, -0.2) is 9.37 Å². The summed E-state index contributed by atoms with van der Waals surface area (Å²) in [5.41, 5.74) is -0.838. The summed E-state index contributed by atoms with van der Waals surface area (Å²) >= 11 is 0. The van der Waals surface area contributed by atoms with Crippen LogP contribution in [0.3, 0.4) is 0 Å². The van der Waals surface area contributed by atoms with Gasteiger partial charge in [-0.15, -0.1) is 0 Å². The molecule has 3 heterocycles. The molecule has 0 aliphatic carbocycles. The average Bonchev–Trinajstić information content (AvgIpc) is 2.63. The predicted octanol–water partition coefficient (Wildman–Crippen LogP) is 1.90. The molecule has 2 aliphatic heterocycles. The number of hydrogen-bond donors (Lipinski definition) is 1. The Labute approximate surface area is 101 Å². The van der Waals surface area contributed by atoms with Crippen LogP contribution in [0.5, 0.6) is 0 Å². The highest BCUT2D eigenvalue weighted by molar-refractivity contribution is 5.57. The number of halogens is 4. The van der Waals surface area contributed by atoms with E-state index >= 15 is 0 Å². The van der Waals surface area contributed by atoms with E-state index in [9.17, 15) is 17.6 Å². The van der Waals surface area contributed by atoms with Gasteiger partial charge in [0.05, 0.1) is 11.6 Å². The van der Waals surface area contributed by atoms with Crippen molar-refractivity contribution in [2.45, 2.75) is 18.4 Å². The Morgan fingerprint density at radius 3 is 2.89 bits per heavy atom. The second kappa shape index (κ2) is 3.81. The highest BCUT2D eigenvalue weighted by atomic mass is 19.4. The Hall–Kier alpha value is -1.37. The summed E-state index contributed by atoms with van der Waals surface area (Å²) < 4.78 is 51.8. The average molecular weight is 261 g/mol. The van der Waals surface area contributed by atoms with E-state index < -0.39 is 24.0 Å². The van der Waals surface area contributed by atoms with E-state index in [1.807, 2.05) is 0 Å². The monoisotopic (exact) mass is 261 g/mol. The van der Waals surface area contributed by atoms with E-state index in [2.05, 4.69) is 10.3 Å². The molecule has 0 bridgehead atoms. The number of nitrogens with one attached hydrogen (secondary N) is 1. The van der Waals surface area contributed by atoms with Gasteiger partial charge in [-0.1, -0.05) is 0 Å². The minimum Gasteiger partial charge on any atom is -0.347 e. The van der Waals surface area contributed by atoms with Crippen LogP contribution in [0.2, 0.25) is 0 Å².